The van der Waals surface area contributed by atoms with E-state index in [4.69, 9.17) is 4.52 Å². The van der Waals surface area contributed by atoms with Crippen molar-refractivity contribution >= 4 is 29.3 Å². The van der Waals surface area contributed by atoms with Gasteiger partial charge in [-0.1, -0.05) is 47.6 Å². The average molecular weight is 506 g/mol. The van der Waals surface area contributed by atoms with E-state index in [2.05, 4.69) is 21.1 Å². The molecule has 0 radical (unpaired) electrons. The normalized spacial score (nSPS) is 11.4. The van der Waals surface area contributed by atoms with E-state index in [1.807, 2.05) is 0 Å². The molecular weight excluding hydrogens is 486 g/mol. The molecule has 0 aliphatic heterocycles. The first-order valence-electron chi connectivity index (χ1n) is 11.0. The number of nitrogens with one attached hydrogen (secondary N) is 3. The Morgan fingerprint density at radius 3 is 2.32 bits per heavy atom. The van der Waals surface area contributed by atoms with Crippen LogP contribution in [-0.2, 0) is 11.2 Å². The van der Waals surface area contributed by atoms with Crippen LogP contribution in [0.15, 0.2) is 83.4 Å². The second-order valence-corrected chi connectivity index (χ2v) is 7.91. The van der Waals surface area contributed by atoms with Crippen LogP contribution in [0.5, 0.6) is 0 Å². The summed E-state index contributed by atoms with van der Waals surface area (Å²) in [5, 5.41) is 20.6. The third kappa shape index (κ3) is 6.54. The van der Waals surface area contributed by atoms with Crippen LogP contribution in [-0.4, -0.2) is 34.2 Å². The number of hydrogen-bond donors (Lipinski definition) is 4. The van der Waals surface area contributed by atoms with Gasteiger partial charge in [-0.25, -0.2) is 18.4 Å². The van der Waals surface area contributed by atoms with Gasteiger partial charge in [-0.15, -0.1) is 0 Å². The van der Waals surface area contributed by atoms with Crippen LogP contribution in [0.1, 0.15) is 16.1 Å². The molecule has 0 fully saturated rings. The number of rotatable bonds is 8. The minimum absolute atomic E-state index is 0.0960. The summed E-state index contributed by atoms with van der Waals surface area (Å²) < 4.78 is 31.8. The van der Waals surface area contributed by atoms with Crippen molar-refractivity contribution in [3.63, 3.8) is 0 Å². The van der Waals surface area contributed by atoms with Crippen molar-refractivity contribution in [2.45, 2.75) is 12.5 Å². The number of hydrogen-bond acceptors (Lipinski definition) is 5. The number of carbonyl (C=O) groups excluding carboxylic acids is 2. The topological polar surface area (TPSA) is 134 Å². The summed E-state index contributed by atoms with van der Waals surface area (Å²) in [6.07, 6.45) is 0.0960. The van der Waals surface area contributed by atoms with E-state index in [0.29, 0.717) is 23.0 Å². The summed E-state index contributed by atoms with van der Waals surface area (Å²) >= 11 is 0. The number of halogens is 2. The highest BCUT2D eigenvalue weighted by Crippen LogP contribution is 2.22. The molecule has 0 spiro atoms. The lowest BCUT2D eigenvalue weighted by atomic mass is 10.1. The summed E-state index contributed by atoms with van der Waals surface area (Å²) in [4.78, 5) is 36.3. The molecule has 0 saturated carbocycles. The van der Waals surface area contributed by atoms with E-state index in [1.54, 1.807) is 54.6 Å². The molecule has 1 heterocycles. The number of carbonyl (C=O) groups is 3. The minimum Gasteiger partial charge on any atom is -0.480 e. The van der Waals surface area contributed by atoms with E-state index in [1.165, 1.54) is 6.07 Å². The van der Waals surface area contributed by atoms with Gasteiger partial charge in [-0.2, -0.15) is 0 Å². The number of anilines is 2. The molecule has 188 valence electrons. The maximum absolute atomic E-state index is 13.7. The van der Waals surface area contributed by atoms with Gasteiger partial charge in [-0.05, 0) is 29.8 Å². The van der Waals surface area contributed by atoms with Gasteiger partial charge in [0.2, 0.25) is 5.76 Å². The van der Waals surface area contributed by atoms with Crippen LogP contribution in [0.3, 0.4) is 0 Å². The quantitative estimate of drug-likeness (QED) is 0.274. The highest BCUT2D eigenvalue weighted by Gasteiger charge is 2.23. The SMILES string of the molecule is O=C(Nc1ccc(-c2cc(C(=O)NC(Cc3ccccc3)C(=O)O)on2)cc1)Nc1ccc(F)cc1F. The number of nitrogens with zero attached hydrogens (tertiary/aromatic N) is 1. The fourth-order valence-electron chi connectivity index (χ4n) is 3.40. The zero-order valence-corrected chi connectivity index (χ0v) is 19.1. The Balaban J connectivity index is 1.37. The van der Waals surface area contributed by atoms with Crippen LogP contribution in [0.4, 0.5) is 25.0 Å². The molecule has 3 aromatic carbocycles. The minimum atomic E-state index is -1.19. The average Bonchev–Trinajstić information content (AvgIpc) is 3.37. The number of urea groups is 1. The molecule has 1 atom stereocenters. The molecule has 11 heteroatoms. The molecule has 1 unspecified atom stereocenters. The second kappa shape index (κ2) is 11.1. The number of aromatic nitrogens is 1. The summed E-state index contributed by atoms with van der Waals surface area (Å²) in [6.45, 7) is 0. The van der Waals surface area contributed by atoms with Gasteiger partial charge in [0, 0.05) is 29.8 Å². The fraction of sp³-hybridized carbons (Fsp3) is 0.0769. The monoisotopic (exact) mass is 506 g/mol. The Hall–Kier alpha value is -5.06. The molecule has 4 aromatic rings. The zero-order valence-electron chi connectivity index (χ0n) is 19.1. The van der Waals surface area contributed by atoms with Crippen LogP contribution >= 0.6 is 0 Å². The number of benzene rings is 3. The van der Waals surface area contributed by atoms with Gasteiger partial charge in [0.25, 0.3) is 5.91 Å². The summed E-state index contributed by atoms with van der Waals surface area (Å²) in [5.41, 5.74) is 1.80. The largest absolute Gasteiger partial charge is 0.480 e. The van der Waals surface area contributed by atoms with Gasteiger partial charge in [0.1, 0.15) is 23.4 Å². The molecule has 37 heavy (non-hydrogen) atoms. The van der Waals surface area contributed by atoms with Gasteiger partial charge < -0.3 is 25.6 Å². The first-order chi connectivity index (χ1) is 17.8. The van der Waals surface area contributed by atoms with Crippen molar-refractivity contribution in [3.8, 4) is 11.3 Å². The summed E-state index contributed by atoms with van der Waals surface area (Å²) in [7, 11) is 0. The van der Waals surface area contributed by atoms with Crippen LogP contribution in [0.2, 0.25) is 0 Å². The number of aliphatic carboxylic acids is 1. The second-order valence-electron chi connectivity index (χ2n) is 7.91. The predicted molar refractivity (Wildman–Crippen MR) is 130 cm³/mol. The lowest BCUT2D eigenvalue weighted by Gasteiger charge is -2.13. The maximum atomic E-state index is 13.7. The lowest BCUT2D eigenvalue weighted by molar-refractivity contribution is -0.139. The number of amides is 3. The molecule has 4 N–H and O–H groups in total. The fourth-order valence-corrected chi connectivity index (χ4v) is 3.40. The molecule has 1 aromatic heterocycles. The van der Waals surface area contributed by atoms with E-state index in [-0.39, 0.29) is 17.9 Å². The highest BCUT2D eigenvalue weighted by atomic mass is 19.1. The van der Waals surface area contributed by atoms with Crippen molar-refractivity contribution in [2.75, 3.05) is 10.6 Å². The van der Waals surface area contributed by atoms with E-state index >= 15 is 0 Å². The summed E-state index contributed by atoms with van der Waals surface area (Å²) in [6, 6.07) is 17.4. The van der Waals surface area contributed by atoms with Crippen molar-refractivity contribution in [1.82, 2.24) is 10.5 Å². The van der Waals surface area contributed by atoms with E-state index < -0.39 is 35.6 Å². The summed E-state index contributed by atoms with van der Waals surface area (Å²) in [5.74, 6) is -3.76. The van der Waals surface area contributed by atoms with Gasteiger partial charge >= 0.3 is 12.0 Å². The molecular formula is C26H20F2N4O5. The Bertz CT molecular complexity index is 1420. The van der Waals surface area contributed by atoms with E-state index in [0.717, 1.165) is 17.7 Å². The first-order valence-corrected chi connectivity index (χ1v) is 11.0. The van der Waals surface area contributed by atoms with Crippen molar-refractivity contribution in [3.05, 3.63) is 102 Å². The molecule has 0 bridgehead atoms. The standard InChI is InChI=1S/C26H20F2N4O5/c27-17-8-11-20(19(28)13-17)31-26(36)29-18-9-6-16(7-10-18)21-14-23(37-32-21)24(33)30-22(25(34)35)12-15-4-2-1-3-5-15/h1-11,13-14,22H,12H2,(H,30,33)(H,34,35)(H2,29,31,36). The van der Waals surface area contributed by atoms with Crippen LogP contribution in [0, 0.1) is 11.6 Å². The van der Waals surface area contributed by atoms with Gasteiger partial charge in [-0.3, -0.25) is 4.79 Å². The Labute approximate surface area is 209 Å². The Morgan fingerprint density at radius 1 is 0.919 bits per heavy atom. The third-order valence-electron chi connectivity index (χ3n) is 5.24. The van der Waals surface area contributed by atoms with Crippen LogP contribution in [0.25, 0.3) is 11.3 Å². The lowest BCUT2D eigenvalue weighted by Crippen LogP contribution is -2.42. The van der Waals surface area contributed by atoms with Crippen LogP contribution < -0.4 is 16.0 Å². The number of carboxylic acid groups (broad SMARTS) is 1. The molecule has 3 amide bonds. The Morgan fingerprint density at radius 2 is 1.65 bits per heavy atom. The molecule has 4 rings (SSSR count). The van der Waals surface area contributed by atoms with Crippen molar-refractivity contribution in [2.24, 2.45) is 0 Å². The zero-order chi connectivity index (χ0) is 26.4. The Kier molecular flexibility index (Phi) is 7.53. The van der Waals surface area contributed by atoms with Gasteiger partial charge in [0.05, 0.1) is 5.69 Å². The molecule has 0 aliphatic carbocycles. The highest BCUT2D eigenvalue weighted by molar-refractivity contribution is 6.00. The smallest absolute Gasteiger partial charge is 0.326 e. The predicted octanol–water partition coefficient (Wildman–Crippen LogP) is 4.69. The maximum Gasteiger partial charge on any atom is 0.326 e. The van der Waals surface area contributed by atoms with Gasteiger partial charge in [0.15, 0.2) is 0 Å². The van der Waals surface area contributed by atoms with Crippen molar-refractivity contribution < 1.29 is 32.8 Å². The molecule has 0 aliphatic rings. The van der Waals surface area contributed by atoms with E-state index in [9.17, 15) is 28.3 Å². The number of carboxylic acids is 1. The van der Waals surface area contributed by atoms with Crippen molar-refractivity contribution in [1.29, 1.82) is 0 Å². The first kappa shape index (κ1) is 25.0. The molecule has 0 saturated heterocycles. The molecule has 9 nitrogen and oxygen atoms in total. The third-order valence-corrected chi connectivity index (χ3v) is 5.24.